The Bertz CT molecular complexity index is 1490. The van der Waals surface area contributed by atoms with Crippen molar-refractivity contribution in [3.8, 4) is 6.07 Å². The van der Waals surface area contributed by atoms with E-state index in [0.29, 0.717) is 0 Å². The number of rotatable bonds is 7. The molecule has 0 saturated carbocycles. The highest BCUT2D eigenvalue weighted by Crippen LogP contribution is 2.28. The van der Waals surface area contributed by atoms with Crippen LogP contribution in [0.25, 0.3) is 16.6 Å². The summed E-state index contributed by atoms with van der Waals surface area (Å²) < 4.78 is 44.3. The number of nitrogens with zero attached hydrogens (tertiary/aromatic N) is 5. The predicted octanol–water partition coefficient (Wildman–Crippen LogP) is 3.96. The maximum absolute atomic E-state index is 14.6. The Morgan fingerprint density at radius 1 is 1.29 bits per heavy atom. The number of nitrogens with two attached hydrogens (primary N) is 2. The molecule has 9 nitrogen and oxygen atoms in total. The summed E-state index contributed by atoms with van der Waals surface area (Å²) in [4.78, 5) is 25.4. The normalized spacial score (nSPS) is 12.9. The molecule has 1 unspecified atom stereocenters. The van der Waals surface area contributed by atoms with Gasteiger partial charge >= 0.3 is 0 Å². The largest absolute Gasteiger partial charge is 0.382 e. The zero-order valence-electron chi connectivity index (χ0n) is 18.8. The van der Waals surface area contributed by atoms with Crippen LogP contribution in [0.1, 0.15) is 37.7 Å². The minimum Gasteiger partial charge on any atom is -0.382 e. The topological polar surface area (TPSA) is 149 Å². The van der Waals surface area contributed by atoms with Crippen LogP contribution in [0, 0.1) is 23.0 Å². The standard InChI is InChI=1S/C23H21F3N8O/c1-4-11(24)9-12(5-2)34-21(31-18-15(26)8-7-14(25)17(18)22(34)35)16(6-3)30-20-13(10-27)19(28)32-23(29)33-20/h4-5,7-9,16H,2,6H2,1,3H3,(H5,28,29,30,32,33)/b11-4+,12-9+. The number of nitrogen functional groups attached to an aromatic ring is 2. The number of fused-ring (bicyclic) bond motifs is 1. The molecule has 1 atom stereocenters. The smallest absolute Gasteiger partial charge is 0.269 e. The van der Waals surface area contributed by atoms with Crippen LogP contribution in [0.4, 0.5) is 30.8 Å². The number of benzene rings is 1. The summed E-state index contributed by atoms with van der Waals surface area (Å²) in [6.07, 6.45) is 3.52. The fourth-order valence-electron chi connectivity index (χ4n) is 3.38. The van der Waals surface area contributed by atoms with Crippen molar-refractivity contribution in [3.05, 3.63) is 76.1 Å². The second-order valence-electron chi connectivity index (χ2n) is 7.22. The van der Waals surface area contributed by atoms with Crippen LogP contribution in [0.5, 0.6) is 0 Å². The van der Waals surface area contributed by atoms with E-state index in [4.69, 9.17) is 11.5 Å². The number of allylic oxidation sites excluding steroid dienone is 5. The summed E-state index contributed by atoms with van der Waals surface area (Å²) >= 11 is 0. The lowest BCUT2D eigenvalue weighted by atomic mass is 10.1. The third-order valence-electron chi connectivity index (χ3n) is 5.08. The van der Waals surface area contributed by atoms with Crippen LogP contribution in [0.3, 0.4) is 0 Å². The van der Waals surface area contributed by atoms with Gasteiger partial charge in [0.1, 0.15) is 51.6 Å². The van der Waals surface area contributed by atoms with Crippen LogP contribution >= 0.6 is 0 Å². The first kappa shape index (κ1) is 25.0. The van der Waals surface area contributed by atoms with Crippen LogP contribution in [0.2, 0.25) is 0 Å². The molecule has 0 bridgehead atoms. The summed E-state index contributed by atoms with van der Waals surface area (Å²) in [5.74, 6) is -3.23. The second-order valence-corrected chi connectivity index (χ2v) is 7.22. The van der Waals surface area contributed by atoms with Crippen molar-refractivity contribution in [3.63, 3.8) is 0 Å². The second kappa shape index (κ2) is 10.1. The molecular weight excluding hydrogens is 461 g/mol. The third-order valence-corrected chi connectivity index (χ3v) is 5.08. The highest BCUT2D eigenvalue weighted by Gasteiger charge is 2.25. The van der Waals surface area contributed by atoms with E-state index in [1.165, 1.54) is 13.0 Å². The monoisotopic (exact) mass is 482 g/mol. The van der Waals surface area contributed by atoms with Gasteiger partial charge in [0.2, 0.25) is 5.95 Å². The van der Waals surface area contributed by atoms with Crippen molar-refractivity contribution >= 4 is 34.2 Å². The molecule has 12 heteroatoms. The molecule has 35 heavy (non-hydrogen) atoms. The first-order valence-corrected chi connectivity index (χ1v) is 10.3. The minimum absolute atomic E-state index is 0.0614. The van der Waals surface area contributed by atoms with E-state index in [-0.39, 0.29) is 41.1 Å². The maximum atomic E-state index is 14.6. The molecule has 0 radical (unpaired) electrons. The molecule has 0 aliphatic heterocycles. The fraction of sp³-hybridized carbons (Fsp3) is 0.174. The Hall–Kier alpha value is -4.66. The number of halogens is 3. The quantitative estimate of drug-likeness (QED) is 0.429. The van der Waals surface area contributed by atoms with Gasteiger partial charge in [-0.1, -0.05) is 19.6 Å². The molecule has 0 saturated heterocycles. The molecule has 1 aromatic carbocycles. The van der Waals surface area contributed by atoms with Crippen LogP contribution < -0.4 is 22.3 Å². The van der Waals surface area contributed by atoms with Gasteiger partial charge in [-0.3, -0.25) is 9.36 Å². The van der Waals surface area contributed by atoms with E-state index >= 15 is 0 Å². The van der Waals surface area contributed by atoms with Gasteiger partial charge < -0.3 is 16.8 Å². The van der Waals surface area contributed by atoms with Crippen LogP contribution in [0.15, 0.2) is 47.6 Å². The van der Waals surface area contributed by atoms with Gasteiger partial charge in [-0.15, -0.1) is 0 Å². The molecule has 2 aromatic heterocycles. The van der Waals surface area contributed by atoms with Gasteiger partial charge in [0.15, 0.2) is 5.82 Å². The Kier molecular flexibility index (Phi) is 7.20. The number of hydrogen-bond donors (Lipinski definition) is 3. The van der Waals surface area contributed by atoms with Crippen molar-refractivity contribution in [2.24, 2.45) is 0 Å². The molecule has 0 aliphatic carbocycles. The van der Waals surface area contributed by atoms with Crippen LogP contribution in [-0.2, 0) is 0 Å². The molecule has 0 aliphatic rings. The SMILES string of the molecule is C=C/C(=C\C(F)=C/C)n1c(C(CC)Nc2nc(N)nc(N)c2C#N)nc2c(F)ccc(F)c2c1=O. The minimum atomic E-state index is -1.00. The van der Waals surface area contributed by atoms with Crippen molar-refractivity contribution in [1.82, 2.24) is 19.5 Å². The van der Waals surface area contributed by atoms with Crippen molar-refractivity contribution < 1.29 is 13.2 Å². The maximum Gasteiger partial charge on any atom is 0.269 e. The highest BCUT2D eigenvalue weighted by molar-refractivity contribution is 5.80. The Labute approximate surface area is 197 Å². The Morgan fingerprint density at radius 3 is 2.57 bits per heavy atom. The molecule has 0 amide bonds. The molecule has 5 N–H and O–H groups in total. The van der Waals surface area contributed by atoms with Crippen molar-refractivity contribution in [2.45, 2.75) is 26.3 Å². The number of nitriles is 1. The Balaban J connectivity index is 2.40. The first-order valence-electron chi connectivity index (χ1n) is 10.3. The van der Waals surface area contributed by atoms with E-state index < -0.39 is 40.0 Å². The van der Waals surface area contributed by atoms with E-state index in [9.17, 15) is 23.2 Å². The lowest BCUT2D eigenvalue weighted by Crippen LogP contribution is -2.29. The van der Waals surface area contributed by atoms with Crippen molar-refractivity contribution in [2.75, 3.05) is 16.8 Å². The lowest BCUT2D eigenvalue weighted by Gasteiger charge is -2.23. The zero-order chi connectivity index (χ0) is 25.9. The van der Waals surface area contributed by atoms with Gasteiger partial charge in [0, 0.05) is 0 Å². The summed E-state index contributed by atoms with van der Waals surface area (Å²) in [6, 6.07) is 2.58. The summed E-state index contributed by atoms with van der Waals surface area (Å²) in [5, 5.41) is 11.8. The fourth-order valence-corrected chi connectivity index (χ4v) is 3.38. The van der Waals surface area contributed by atoms with E-state index in [0.717, 1.165) is 28.9 Å². The average molecular weight is 482 g/mol. The molecule has 3 aromatic rings. The zero-order valence-corrected chi connectivity index (χ0v) is 18.8. The summed E-state index contributed by atoms with van der Waals surface area (Å²) in [5.41, 5.74) is 9.72. The molecule has 0 fully saturated rings. The van der Waals surface area contributed by atoms with Gasteiger partial charge in [-0.05, 0) is 37.6 Å². The number of aromatic nitrogens is 4. The first-order chi connectivity index (χ1) is 16.7. The van der Waals surface area contributed by atoms with Gasteiger partial charge in [-0.2, -0.15) is 15.2 Å². The van der Waals surface area contributed by atoms with Gasteiger partial charge in [0.05, 0.1) is 11.7 Å². The van der Waals surface area contributed by atoms with E-state index in [1.54, 1.807) is 6.92 Å². The molecule has 180 valence electrons. The molecule has 2 heterocycles. The van der Waals surface area contributed by atoms with Crippen LogP contribution in [-0.4, -0.2) is 19.5 Å². The lowest BCUT2D eigenvalue weighted by molar-refractivity contribution is 0.605. The number of nitrogens with one attached hydrogen (secondary N) is 1. The summed E-state index contributed by atoms with van der Waals surface area (Å²) in [7, 11) is 0. The average Bonchev–Trinajstić information content (AvgIpc) is 2.82. The van der Waals surface area contributed by atoms with Gasteiger partial charge in [-0.25, -0.2) is 18.2 Å². The predicted molar refractivity (Wildman–Crippen MR) is 127 cm³/mol. The number of hydrogen-bond acceptors (Lipinski definition) is 8. The highest BCUT2D eigenvalue weighted by atomic mass is 19.1. The van der Waals surface area contributed by atoms with Crippen molar-refractivity contribution in [1.29, 1.82) is 5.26 Å². The summed E-state index contributed by atoms with van der Waals surface area (Å²) in [6.45, 7) is 6.75. The molecule has 3 rings (SSSR count). The van der Waals surface area contributed by atoms with E-state index in [2.05, 4.69) is 26.8 Å². The van der Waals surface area contributed by atoms with Gasteiger partial charge in [0.25, 0.3) is 5.56 Å². The molecule has 0 spiro atoms. The number of anilines is 3. The third kappa shape index (κ3) is 4.70. The molecular formula is C23H21F3N8O. The Morgan fingerprint density at radius 2 is 1.97 bits per heavy atom. The van der Waals surface area contributed by atoms with E-state index in [1.807, 2.05) is 6.07 Å².